The molecule has 102 valence electrons. The number of aromatic hydroxyl groups is 1. The third-order valence-electron chi connectivity index (χ3n) is 3.36. The number of phenols is 1. The largest absolute Gasteiger partial charge is 0.508 e. The molecule has 1 rings (SSSR count). The van der Waals surface area contributed by atoms with E-state index in [-0.39, 0.29) is 0 Å². The van der Waals surface area contributed by atoms with Crippen molar-refractivity contribution in [2.24, 2.45) is 0 Å². The molecule has 0 saturated carbocycles. The van der Waals surface area contributed by atoms with Crippen LogP contribution in [0.2, 0.25) is 14.8 Å². The van der Waals surface area contributed by atoms with Crippen molar-refractivity contribution in [3.05, 3.63) is 30.3 Å². The fourth-order valence-electron chi connectivity index (χ4n) is 2.30. The van der Waals surface area contributed by atoms with E-state index >= 15 is 0 Å². The minimum Gasteiger partial charge on any atom is -0.508 e. The second-order valence-electron chi connectivity index (χ2n) is 5.63. The van der Waals surface area contributed by atoms with Crippen molar-refractivity contribution in [1.82, 2.24) is 0 Å². The Balaban J connectivity index is 0.000000351. The summed E-state index contributed by atoms with van der Waals surface area (Å²) in [6.07, 6.45) is 2.84. The van der Waals surface area contributed by atoms with E-state index in [4.69, 9.17) is 5.11 Å². The van der Waals surface area contributed by atoms with Gasteiger partial charge in [-0.15, -0.1) is 0 Å². The first-order chi connectivity index (χ1) is 8.49. The zero-order valence-electron chi connectivity index (χ0n) is 12.7. The molecule has 0 bridgehead atoms. The maximum absolute atomic E-state index is 8.63. The van der Waals surface area contributed by atoms with Gasteiger partial charge in [-0.1, -0.05) is 80.5 Å². The molecule has 0 saturated heterocycles. The van der Waals surface area contributed by atoms with Gasteiger partial charge in [-0.2, -0.15) is 0 Å². The summed E-state index contributed by atoms with van der Waals surface area (Å²) in [5, 5.41) is 10.2. The molecule has 1 aromatic rings. The van der Waals surface area contributed by atoms with Crippen molar-refractivity contribution >= 4 is 14.1 Å². The third-order valence-corrected chi connectivity index (χ3v) is 7.86. The van der Waals surface area contributed by atoms with Gasteiger partial charge in [-0.3, -0.25) is 0 Å². The van der Waals surface area contributed by atoms with Crippen LogP contribution in [0.1, 0.15) is 47.5 Å². The van der Waals surface area contributed by atoms with Gasteiger partial charge in [-0.25, -0.2) is 0 Å². The van der Waals surface area contributed by atoms with Gasteiger partial charge in [-0.05, 0) is 12.1 Å². The molecular weight excluding hydrogens is 235 g/mol. The molecule has 0 aliphatic heterocycles. The molecule has 18 heavy (non-hydrogen) atoms. The monoisotopic (exact) mass is 264 g/mol. The third kappa shape index (κ3) is 8.62. The zero-order valence-corrected chi connectivity index (χ0v) is 13.8. The summed E-state index contributed by atoms with van der Waals surface area (Å²) < 4.78 is 2.00. The van der Waals surface area contributed by atoms with Crippen molar-refractivity contribution in [3.8, 4) is 5.75 Å². The first-order valence-electron chi connectivity index (χ1n) is 7.23. The van der Waals surface area contributed by atoms with Crippen LogP contribution in [-0.4, -0.2) is 19.3 Å². The highest BCUT2D eigenvalue weighted by Gasteiger charge is 2.23. The Labute approximate surface area is 118 Å². The number of hydrogen-bond acceptors (Lipinski definition) is 1. The van der Waals surface area contributed by atoms with Crippen LogP contribution >= 0.6 is 0 Å². The van der Waals surface area contributed by atoms with Gasteiger partial charge in [0.15, 0.2) is 0 Å². The van der Waals surface area contributed by atoms with E-state index in [1.54, 1.807) is 29.5 Å². The van der Waals surface area contributed by atoms with Crippen LogP contribution in [0.4, 0.5) is 0 Å². The lowest BCUT2D eigenvalue weighted by Crippen LogP contribution is -2.20. The van der Waals surface area contributed by atoms with E-state index < -0.39 is 14.1 Å². The topological polar surface area (TPSA) is 20.2 Å². The predicted molar refractivity (Wildman–Crippen MR) is 83.8 cm³/mol. The Bertz CT molecular complexity index is 274. The van der Waals surface area contributed by atoms with Crippen LogP contribution < -0.4 is 0 Å². The molecule has 0 aromatic heterocycles. The lowest BCUT2D eigenvalue weighted by atomic mass is 10.3. The number of rotatable bonds is 5. The van der Waals surface area contributed by atoms with E-state index in [1.165, 1.54) is 12.8 Å². The average molecular weight is 264 g/mol. The van der Waals surface area contributed by atoms with Crippen LogP contribution in [0.3, 0.4) is 0 Å². The number of phenolic OH excluding ortho intramolecular Hbond substituents is 1. The highest BCUT2D eigenvalue weighted by atomic mass is 27.2. The smallest absolute Gasteiger partial charge is 0.267 e. The Morgan fingerprint density at radius 2 is 1.50 bits per heavy atom. The quantitative estimate of drug-likeness (QED) is 0.697. The summed E-state index contributed by atoms with van der Waals surface area (Å²) in [6.45, 7) is 11.9. The van der Waals surface area contributed by atoms with Gasteiger partial charge < -0.3 is 5.11 Å². The molecule has 0 unspecified atom stereocenters. The molecule has 0 aliphatic carbocycles. The summed E-state index contributed by atoms with van der Waals surface area (Å²) in [7, 11) is 0. The molecule has 0 aliphatic rings. The van der Waals surface area contributed by atoms with Gasteiger partial charge in [0.2, 0.25) is 0 Å². The minimum absolute atomic E-state index is 0.322. The number of benzene rings is 1. The lowest BCUT2D eigenvalue weighted by Gasteiger charge is -2.18. The van der Waals surface area contributed by atoms with Crippen LogP contribution in [-0.2, 0) is 0 Å². The maximum Gasteiger partial charge on any atom is 0.267 e. The van der Waals surface area contributed by atoms with Gasteiger partial charge in [0.1, 0.15) is 5.75 Å². The average Bonchev–Trinajstić information content (AvgIpc) is 2.30. The van der Waals surface area contributed by atoms with Crippen LogP contribution in [0.5, 0.6) is 5.75 Å². The minimum atomic E-state index is -0.398. The molecular formula is C16H29AlO. The SMILES string of the molecule is CCC[CH2][Al]([CH](C)C)[CH](C)C.Oc1ccccc1. The molecule has 1 nitrogen and oxygen atoms in total. The summed E-state index contributed by atoms with van der Waals surface area (Å²) in [6, 6.07) is 8.71. The summed E-state index contributed by atoms with van der Waals surface area (Å²) in [5.41, 5.74) is 0. The van der Waals surface area contributed by atoms with Gasteiger partial charge >= 0.3 is 0 Å². The van der Waals surface area contributed by atoms with Crippen molar-refractivity contribution < 1.29 is 5.11 Å². The first kappa shape index (κ1) is 17.6. The second-order valence-corrected chi connectivity index (χ2v) is 10.2. The first-order valence-corrected chi connectivity index (χ1v) is 9.38. The number of para-hydroxylation sites is 1. The van der Waals surface area contributed by atoms with Gasteiger partial charge in [0, 0.05) is 0 Å². The molecule has 0 atom stereocenters. The van der Waals surface area contributed by atoms with E-state index in [2.05, 4.69) is 34.6 Å². The highest BCUT2D eigenvalue weighted by molar-refractivity contribution is 6.61. The summed E-state index contributed by atoms with van der Waals surface area (Å²) in [5.74, 6) is 0.322. The Hall–Kier alpha value is -0.448. The van der Waals surface area contributed by atoms with Crippen LogP contribution in [0, 0.1) is 0 Å². The fourth-order valence-corrected chi connectivity index (χ4v) is 6.06. The fraction of sp³-hybridized carbons (Fsp3) is 0.625. The standard InChI is InChI=1S/C6H6O.C4H9.2C3H7.Al/c7-6-4-2-1-3-5-6;1-3-4-2;2*1-3-2;/h1-5,7H;1,3-4H2,2H3;2*3H,1-2H3;. The van der Waals surface area contributed by atoms with Crippen molar-refractivity contribution in [1.29, 1.82) is 0 Å². The van der Waals surface area contributed by atoms with Gasteiger partial charge in [0.25, 0.3) is 14.1 Å². The van der Waals surface area contributed by atoms with E-state index in [9.17, 15) is 0 Å². The zero-order chi connectivity index (χ0) is 14.0. The predicted octanol–water partition coefficient (Wildman–Crippen LogP) is 5.49. The molecule has 0 radical (unpaired) electrons. The van der Waals surface area contributed by atoms with E-state index in [0.29, 0.717) is 5.75 Å². The second kappa shape index (κ2) is 10.5. The lowest BCUT2D eigenvalue weighted by molar-refractivity contribution is 0.475. The maximum atomic E-state index is 8.63. The molecule has 1 N–H and O–H groups in total. The molecule has 0 spiro atoms. The summed E-state index contributed by atoms with van der Waals surface area (Å²) in [4.78, 5) is 0. The number of hydrogen-bond donors (Lipinski definition) is 1. The highest BCUT2D eigenvalue weighted by Crippen LogP contribution is 2.24. The molecule has 2 heteroatoms. The Morgan fingerprint density at radius 1 is 1.00 bits per heavy atom. The Morgan fingerprint density at radius 3 is 1.78 bits per heavy atom. The molecule has 0 amide bonds. The molecule has 0 fully saturated rings. The Kier molecular flexibility index (Phi) is 10.2. The van der Waals surface area contributed by atoms with E-state index in [1.807, 2.05) is 6.07 Å². The molecule has 0 heterocycles. The molecule has 1 aromatic carbocycles. The summed E-state index contributed by atoms with van der Waals surface area (Å²) >= 11 is -0.398. The van der Waals surface area contributed by atoms with Gasteiger partial charge in [0.05, 0.1) is 0 Å². The number of unbranched alkanes of at least 4 members (excludes halogenated alkanes) is 1. The van der Waals surface area contributed by atoms with E-state index in [0.717, 1.165) is 9.56 Å². The van der Waals surface area contributed by atoms with Crippen molar-refractivity contribution in [2.45, 2.75) is 62.3 Å². The van der Waals surface area contributed by atoms with Crippen LogP contribution in [0.25, 0.3) is 0 Å². The normalized spacial score (nSPS) is 10.2. The van der Waals surface area contributed by atoms with Crippen molar-refractivity contribution in [3.63, 3.8) is 0 Å². The van der Waals surface area contributed by atoms with Crippen LogP contribution in [0.15, 0.2) is 30.3 Å². The van der Waals surface area contributed by atoms with Crippen molar-refractivity contribution in [2.75, 3.05) is 0 Å².